The number of amides is 2. The minimum Gasteiger partial charge on any atom is -0.464 e. The zero-order chi connectivity index (χ0) is 16.3. The Kier molecular flexibility index (Phi) is 5.12. The fourth-order valence-corrected chi connectivity index (χ4v) is 3.39. The first-order chi connectivity index (χ1) is 10.2. The van der Waals surface area contributed by atoms with Crippen LogP contribution in [-0.2, 0) is 10.0 Å². The van der Waals surface area contributed by atoms with E-state index in [1.165, 1.54) is 0 Å². The maximum Gasteiger partial charge on any atom is 0.318 e. The minimum absolute atomic E-state index is 0.207. The van der Waals surface area contributed by atoms with Gasteiger partial charge in [0.05, 0.1) is 12.3 Å². The minimum atomic E-state index is -3.26. The summed E-state index contributed by atoms with van der Waals surface area (Å²) in [5.74, 6) is 1.50. The Balaban J connectivity index is 1.91. The molecule has 1 aromatic heterocycles. The summed E-state index contributed by atoms with van der Waals surface area (Å²) in [7, 11) is -3.26. The van der Waals surface area contributed by atoms with Crippen LogP contribution in [0.25, 0.3) is 0 Å². The lowest BCUT2D eigenvalue weighted by Gasteiger charge is -2.33. The van der Waals surface area contributed by atoms with Crippen molar-refractivity contribution in [3.8, 4) is 0 Å². The third kappa shape index (κ3) is 4.74. The second kappa shape index (κ2) is 6.70. The number of furan rings is 1. The number of hydrogen-bond acceptors (Lipinski definition) is 4. The predicted molar refractivity (Wildman–Crippen MR) is 83.0 cm³/mol. The Morgan fingerprint density at radius 1 is 1.45 bits per heavy atom. The zero-order valence-corrected chi connectivity index (χ0v) is 13.9. The highest BCUT2D eigenvalue weighted by molar-refractivity contribution is 7.88. The van der Waals surface area contributed by atoms with E-state index in [0.717, 1.165) is 24.9 Å². The van der Waals surface area contributed by atoms with Crippen molar-refractivity contribution in [3.05, 3.63) is 23.7 Å². The van der Waals surface area contributed by atoms with E-state index >= 15 is 0 Å². The summed E-state index contributed by atoms with van der Waals surface area (Å²) in [6.07, 6.45) is 2.64. The van der Waals surface area contributed by atoms with Crippen molar-refractivity contribution in [1.82, 2.24) is 14.9 Å². The molecule has 22 heavy (non-hydrogen) atoms. The number of carbonyl (C=O) groups is 1. The van der Waals surface area contributed by atoms with Crippen LogP contribution in [0.3, 0.4) is 0 Å². The van der Waals surface area contributed by atoms with Crippen molar-refractivity contribution >= 4 is 16.1 Å². The maximum atomic E-state index is 12.3. The van der Waals surface area contributed by atoms with Gasteiger partial charge in [-0.2, -0.15) is 0 Å². The molecule has 2 atom stereocenters. The Morgan fingerprint density at radius 2 is 2.18 bits per heavy atom. The molecule has 1 aliphatic heterocycles. The molecular formula is C14H23N3O4S. The summed E-state index contributed by atoms with van der Waals surface area (Å²) >= 11 is 0. The summed E-state index contributed by atoms with van der Waals surface area (Å²) < 4.78 is 30.7. The van der Waals surface area contributed by atoms with Gasteiger partial charge in [0.2, 0.25) is 10.0 Å². The van der Waals surface area contributed by atoms with Crippen LogP contribution in [0.1, 0.15) is 37.3 Å². The van der Waals surface area contributed by atoms with E-state index in [-0.39, 0.29) is 18.1 Å². The van der Waals surface area contributed by atoms with E-state index in [4.69, 9.17) is 4.42 Å². The molecule has 0 bridgehead atoms. The number of carbonyl (C=O) groups excluding carboxylic acids is 1. The first-order valence-electron chi connectivity index (χ1n) is 7.33. The molecule has 0 spiro atoms. The molecule has 0 unspecified atom stereocenters. The zero-order valence-electron chi connectivity index (χ0n) is 13.1. The summed E-state index contributed by atoms with van der Waals surface area (Å²) in [5, 5.41) is 2.88. The van der Waals surface area contributed by atoms with Gasteiger partial charge >= 0.3 is 6.03 Å². The first-order valence-corrected chi connectivity index (χ1v) is 9.23. The molecule has 7 nitrogen and oxygen atoms in total. The van der Waals surface area contributed by atoms with Gasteiger partial charge < -0.3 is 14.6 Å². The molecule has 1 aliphatic rings. The van der Waals surface area contributed by atoms with Crippen LogP contribution < -0.4 is 10.0 Å². The van der Waals surface area contributed by atoms with Crippen LogP contribution in [0.4, 0.5) is 4.79 Å². The molecule has 1 saturated heterocycles. The average Bonchev–Trinajstić information content (AvgIpc) is 2.84. The highest BCUT2D eigenvalue weighted by Crippen LogP contribution is 2.17. The highest BCUT2D eigenvalue weighted by Gasteiger charge is 2.26. The van der Waals surface area contributed by atoms with Crippen LogP contribution in [0.5, 0.6) is 0 Å². The first kappa shape index (κ1) is 16.8. The van der Waals surface area contributed by atoms with Crippen molar-refractivity contribution in [2.75, 3.05) is 19.3 Å². The number of nitrogens with zero attached hydrogens (tertiary/aromatic N) is 1. The number of rotatable bonds is 4. The van der Waals surface area contributed by atoms with Gasteiger partial charge in [0.25, 0.3) is 0 Å². The molecular weight excluding hydrogens is 306 g/mol. The second-order valence-corrected chi connectivity index (χ2v) is 7.57. The van der Waals surface area contributed by atoms with Gasteiger partial charge in [-0.15, -0.1) is 0 Å². The van der Waals surface area contributed by atoms with Gasteiger partial charge in [0.15, 0.2) is 0 Å². The molecule has 0 aliphatic carbocycles. The lowest BCUT2D eigenvalue weighted by atomic mass is 10.1. The second-order valence-electron chi connectivity index (χ2n) is 5.79. The van der Waals surface area contributed by atoms with Gasteiger partial charge in [-0.05, 0) is 38.8 Å². The number of aryl methyl sites for hydroxylation is 1. The number of hydrogen-bond donors (Lipinski definition) is 2. The average molecular weight is 329 g/mol. The number of nitrogens with one attached hydrogen (secondary N) is 2. The molecule has 2 N–H and O–H groups in total. The SMILES string of the molecule is Cc1ccc([C@H](C)NC(=O)N2CCC[C@@H](NS(C)(=O)=O)C2)o1. The molecule has 8 heteroatoms. The van der Waals surface area contributed by atoms with Gasteiger partial charge in [0.1, 0.15) is 11.5 Å². The molecule has 2 rings (SSSR count). The fourth-order valence-electron chi connectivity index (χ4n) is 2.59. The van der Waals surface area contributed by atoms with E-state index in [9.17, 15) is 13.2 Å². The van der Waals surface area contributed by atoms with Gasteiger partial charge in [-0.3, -0.25) is 0 Å². The predicted octanol–water partition coefficient (Wildman–Crippen LogP) is 1.37. The standard InChI is InChI=1S/C14H23N3O4S/c1-10-6-7-13(21-10)11(2)15-14(18)17-8-4-5-12(9-17)16-22(3,19)20/h6-7,11-12,16H,4-5,8-9H2,1-3H3,(H,15,18)/t11-,12+/m0/s1. The van der Waals surface area contributed by atoms with Crippen molar-refractivity contribution < 1.29 is 17.6 Å². The molecule has 2 heterocycles. The van der Waals surface area contributed by atoms with Crippen LogP contribution in [0, 0.1) is 6.92 Å². The van der Waals surface area contributed by atoms with E-state index in [0.29, 0.717) is 18.8 Å². The molecule has 1 aromatic rings. The number of piperidine rings is 1. The van der Waals surface area contributed by atoms with Crippen LogP contribution in [0.15, 0.2) is 16.5 Å². The van der Waals surface area contributed by atoms with Crippen LogP contribution in [0.2, 0.25) is 0 Å². The van der Waals surface area contributed by atoms with Crippen LogP contribution in [-0.4, -0.2) is 44.7 Å². The molecule has 0 radical (unpaired) electrons. The summed E-state index contributed by atoms with van der Waals surface area (Å²) in [5.41, 5.74) is 0. The number of likely N-dealkylation sites (tertiary alicyclic amines) is 1. The third-order valence-electron chi connectivity index (χ3n) is 3.62. The van der Waals surface area contributed by atoms with Gasteiger partial charge in [-0.1, -0.05) is 0 Å². The normalized spacial score (nSPS) is 20.7. The largest absolute Gasteiger partial charge is 0.464 e. The topological polar surface area (TPSA) is 91.7 Å². The molecule has 124 valence electrons. The van der Waals surface area contributed by atoms with Gasteiger partial charge in [0, 0.05) is 19.1 Å². The molecule has 2 amide bonds. The molecule has 0 aromatic carbocycles. The fraction of sp³-hybridized carbons (Fsp3) is 0.643. The van der Waals surface area contributed by atoms with Crippen molar-refractivity contribution in [3.63, 3.8) is 0 Å². The van der Waals surface area contributed by atoms with E-state index in [1.807, 2.05) is 26.0 Å². The summed E-state index contributed by atoms with van der Waals surface area (Å²) in [6.45, 7) is 4.71. The Morgan fingerprint density at radius 3 is 2.77 bits per heavy atom. The number of urea groups is 1. The quantitative estimate of drug-likeness (QED) is 0.873. The maximum absolute atomic E-state index is 12.3. The third-order valence-corrected chi connectivity index (χ3v) is 4.38. The number of sulfonamides is 1. The smallest absolute Gasteiger partial charge is 0.318 e. The van der Waals surface area contributed by atoms with Crippen molar-refractivity contribution in [1.29, 1.82) is 0 Å². The van der Waals surface area contributed by atoms with Gasteiger partial charge in [-0.25, -0.2) is 17.9 Å². The van der Waals surface area contributed by atoms with Crippen LogP contribution >= 0.6 is 0 Å². The monoisotopic (exact) mass is 329 g/mol. The highest BCUT2D eigenvalue weighted by atomic mass is 32.2. The Labute approximate surface area is 131 Å². The van der Waals surface area contributed by atoms with Crippen molar-refractivity contribution in [2.45, 2.75) is 38.8 Å². The van der Waals surface area contributed by atoms with E-state index in [2.05, 4.69) is 10.0 Å². The van der Waals surface area contributed by atoms with E-state index < -0.39 is 10.0 Å². The Bertz CT molecular complexity index is 626. The molecule has 0 saturated carbocycles. The summed E-state index contributed by atoms with van der Waals surface area (Å²) in [4.78, 5) is 13.9. The summed E-state index contributed by atoms with van der Waals surface area (Å²) in [6, 6.07) is 3.02. The molecule has 1 fully saturated rings. The lowest BCUT2D eigenvalue weighted by Crippen LogP contribution is -2.52. The Hall–Kier alpha value is -1.54. The van der Waals surface area contributed by atoms with E-state index in [1.54, 1.807) is 4.90 Å². The lowest BCUT2D eigenvalue weighted by molar-refractivity contribution is 0.173. The van der Waals surface area contributed by atoms with Crippen molar-refractivity contribution in [2.24, 2.45) is 0 Å².